The molecular weight excluding hydrogens is 550 g/mol. The van der Waals surface area contributed by atoms with Gasteiger partial charge in [-0.1, -0.05) is 35.3 Å². The summed E-state index contributed by atoms with van der Waals surface area (Å²) >= 11 is 12.9. The highest BCUT2D eigenvalue weighted by Crippen LogP contribution is 2.46. The lowest BCUT2D eigenvalue weighted by atomic mass is 9.98. The van der Waals surface area contributed by atoms with Crippen LogP contribution in [0.2, 0.25) is 10.0 Å². The summed E-state index contributed by atoms with van der Waals surface area (Å²) in [5, 5.41) is 3.16. The highest BCUT2D eigenvalue weighted by Gasteiger charge is 2.48. The molecule has 2 aliphatic heterocycles. The van der Waals surface area contributed by atoms with Crippen LogP contribution >= 0.6 is 23.2 Å². The first-order chi connectivity index (χ1) is 18.6. The van der Waals surface area contributed by atoms with E-state index in [1.807, 2.05) is 12.1 Å². The second kappa shape index (κ2) is 9.84. The minimum Gasteiger partial charge on any atom is -0.322 e. The maximum Gasteiger partial charge on any atom is 0.417 e. The molecule has 0 spiro atoms. The number of halogens is 5. The molecule has 2 amide bonds. The zero-order valence-corrected chi connectivity index (χ0v) is 22.2. The van der Waals surface area contributed by atoms with Gasteiger partial charge in [0, 0.05) is 41.6 Å². The van der Waals surface area contributed by atoms with Gasteiger partial charge in [-0.15, -0.1) is 0 Å². The van der Waals surface area contributed by atoms with Crippen LogP contribution < -0.4 is 10.2 Å². The normalized spacial score (nSPS) is 22.3. The summed E-state index contributed by atoms with van der Waals surface area (Å²) in [7, 11) is 0. The predicted octanol–water partition coefficient (Wildman–Crippen LogP) is 7.28. The van der Waals surface area contributed by atoms with Gasteiger partial charge in [0.2, 0.25) is 0 Å². The maximum atomic E-state index is 13.9. The van der Waals surface area contributed by atoms with Crippen LogP contribution in [-0.2, 0) is 12.7 Å². The third-order valence-electron chi connectivity index (χ3n) is 8.12. The summed E-state index contributed by atoms with van der Waals surface area (Å²) in [6, 6.07) is 15.2. The van der Waals surface area contributed by atoms with E-state index in [4.69, 9.17) is 23.2 Å². The number of carbonyl (C=O) groups excluding carboxylic acids is 2. The highest BCUT2D eigenvalue weighted by atomic mass is 35.5. The standard InChI is InChI=1S/C29H24Cl2F3N3O2/c30-18-6-10-25-17(11-18)14-36-20-8-5-16(12-20)26(36)15-37(25)28(39)22-9-7-19(13-24(22)31)35-27(38)21-3-1-2-4-23(21)29(32,33)34/h1-4,6-7,9-11,13,16,20,26H,5,8,12,14-15H2,(H,35,38)/t16?,20?,26-/m1/s1. The molecule has 3 aliphatic rings. The quantitative estimate of drug-likeness (QED) is 0.358. The van der Waals surface area contributed by atoms with E-state index < -0.39 is 23.2 Å². The fourth-order valence-corrected chi connectivity index (χ4v) is 6.80. The van der Waals surface area contributed by atoms with Crippen molar-refractivity contribution < 1.29 is 22.8 Å². The van der Waals surface area contributed by atoms with E-state index in [1.54, 1.807) is 11.0 Å². The summed E-state index contributed by atoms with van der Waals surface area (Å²) in [6.07, 6.45) is -1.23. The molecule has 1 aliphatic carbocycles. The Morgan fingerprint density at radius 1 is 0.949 bits per heavy atom. The minimum absolute atomic E-state index is 0.0893. The molecule has 0 aromatic heterocycles. The molecule has 5 nitrogen and oxygen atoms in total. The van der Waals surface area contributed by atoms with Crippen molar-refractivity contribution in [3.8, 4) is 0 Å². The number of hydrogen-bond acceptors (Lipinski definition) is 3. The van der Waals surface area contributed by atoms with Gasteiger partial charge in [-0.2, -0.15) is 13.2 Å². The van der Waals surface area contributed by atoms with Crippen molar-refractivity contribution in [1.82, 2.24) is 4.90 Å². The van der Waals surface area contributed by atoms with E-state index in [0.717, 1.165) is 49.2 Å². The predicted molar refractivity (Wildman–Crippen MR) is 144 cm³/mol. The lowest BCUT2D eigenvalue weighted by Crippen LogP contribution is -2.46. The van der Waals surface area contributed by atoms with Crippen LogP contribution in [0.4, 0.5) is 24.5 Å². The van der Waals surface area contributed by atoms with E-state index in [9.17, 15) is 22.8 Å². The highest BCUT2D eigenvalue weighted by molar-refractivity contribution is 6.35. The number of alkyl halides is 3. The molecule has 1 saturated heterocycles. The van der Waals surface area contributed by atoms with Crippen molar-refractivity contribution in [1.29, 1.82) is 0 Å². The topological polar surface area (TPSA) is 52.7 Å². The molecule has 1 N–H and O–H groups in total. The van der Waals surface area contributed by atoms with Gasteiger partial charge in [-0.05, 0) is 79.3 Å². The monoisotopic (exact) mass is 573 g/mol. The molecule has 3 aromatic carbocycles. The summed E-state index contributed by atoms with van der Waals surface area (Å²) in [5.41, 5.74) is 0.653. The van der Waals surface area contributed by atoms with Gasteiger partial charge in [0.1, 0.15) is 0 Å². The number of fused-ring (bicyclic) bond motifs is 6. The Bertz CT molecular complexity index is 1480. The molecule has 2 heterocycles. The van der Waals surface area contributed by atoms with Gasteiger partial charge in [-0.3, -0.25) is 14.5 Å². The summed E-state index contributed by atoms with van der Waals surface area (Å²) in [4.78, 5) is 30.8. The van der Waals surface area contributed by atoms with Crippen molar-refractivity contribution in [2.24, 2.45) is 5.92 Å². The third-order valence-corrected chi connectivity index (χ3v) is 8.67. The molecular formula is C29H24Cl2F3N3O2. The van der Waals surface area contributed by atoms with E-state index in [0.29, 0.717) is 23.5 Å². The minimum atomic E-state index is -4.68. The smallest absolute Gasteiger partial charge is 0.322 e. The van der Waals surface area contributed by atoms with Gasteiger partial charge in [0.05, 0.1) is 21.7 Å². The van der Waals surface area contributed by atoms with Gasteiger partial charge >= 0.3 is 6.18 Å². The first-order valence-electron chi connectivity index (χ1n) is 12.7. The second-order valence-corrected chi connectivity index (χ2v) is 11.2. The fraction of sp³-hybridized carbons (Fsp3) is 0.310. The average Bonchev–Trinajstić information content (AvgIpc) is 3.44. The molecule has 3 atom stereocenters. The molecule has 2 fully saturated rings. The zero-order chi connectivity index (χ0) is 27.5. The Hall–Kier alpha value is -3.07. The number of rotatable bonds is 3. The number of hydrogen-bond donors (Lipinski definition) is 1. The molecule has 39 heavy (non-hydrogen) atoms. The molecule has 0 radical (unpaired) electrons. The molecule has 10 heteroatoms. The van der Waals surface area contributed by atoms with E-state index in [-0.39, 0.29) is 28.2 Å². The Kier molecular flexibility index (Phi) is 6.60. The number of anilines is 2. The SMILES string of the molecule is O=C(Nc1ccc(C(=O)N2C[C@@H]3C4CCC(C4)N3Cc3cc(Cl)ccc32)c(Cl)c1)c1ccccc1C(F)(F)F. The number of amides is 2. The van der Waals surface area contributed by atoms with Crippen LogP contribution in [0.1, 0.15) is 51.1 Å². The van der Waals surface area contributed by atoms with Crippen LogP contribution in [0.25, 0.3) is 0 Å². The molecule has 2 bridgehead atoms. The number of nitrogens with zero attached hydrogens (tertiary/aromatic N) is 2. The number of benzene rings is 3. The van der Waals surface area contributed by atoms with Gasteiger partial charge < -0.3 is 10.2 Å². The molecule has 2 unspecified atom stereocenters. The molecule has 202 valence electrons. The first-order valence-corrected chi connectivity index (χ1v) is 13.5. The van der Waals surface area contributed by atoms with Crippen LogP contribution in [0.15, 0.2) is 60.7 Å². The van der Waals surface area contributed by atoms with Crippen LogP contribution in [-0.4, -0.2) is 35.3 Å². The average molecular weight is 574 g/mol. The van der Waals surface area contributed by atoms with Crippen molar-refractivity contribution in [3.05, 3.63) is 93.0 Å². The summed E-state index contributed by atoms with van der Waals surface area (Å²) in [6.45, 7) is 1.25. The van der Waals surface area contributed by atoms with Crippen LogP contribution in [0, 0.1) is 5.92 Å². The second-order valence-electron chi connectivity index (χ2n) is 10.3. The van der Waals surface area contributed by atoms with Crippen molar-refractivity contribution in [2.45, 2.75) is 44.1 Å². The Labute approximate surface area is 233 Å². The Balaban J connectivity index is 1.28. The van der Waals surface area contributed by atoms with Gasteiger partial charge in [0.25, 0.3) is 11.8 Å². The number of nitrogens with one attached hydrogen (secondary N) is 1. The number of carbonyl (C=O) groups is 2. The van der Waals surface area contributed by atoms with Gasteiger partial charge in [0.15, 0.2) is 0 Å². The van der Waals surface area contributed by atoms with Crippen LogP contribution in [0.3, 0.4) is 0 Å². The van der Waals surface area contributed by atoms with E-state index in [1.165, 1.54) is 30.3 Å². The van der Waals surface area contributed by atoms with Gasteiger partial charge in [-0.25, -0.2) is 0 Å². The lowest BCUT2D eigenvalue weighted by Gasteiger charge is -2.35. The third kappa shape index (κ3) is 4.79. The van der Waals surface area contributed by atoms with E-state index in [2.05, 4.69) is 10.2 Å². The number of piperidine rings is 1. The Morgan fingerprint density at radius 2 is 1.74 bits per heavy atom. The zero-order valence-electron chi connectivity index (χ0n) is 20.6. The maximum absolute atomic E-state index is 13.9. The molecule has 6 rings (SSSR count). The van der Waals surface area contributed by atoms with Crippen molar-refractivity contribution in [3.63, 3.8) is 0 Å². The van der Waals surface area contributed by atoms with Crippen LogP contribution in [0.5, 0.6) is 0 Å². The largest absolute Gasteiger partial charge is 0.417 e. The fourth-order valence-electron chi connectivity index (χ4n) is 6.34. The first kappa shape index (κ1) is 26.2. The van der Waals surface area contributed by atoms with Crippen molar-refractivity contribution in [2.75, 3.05) is 16.8 Å². The molecule has 1 saturated carbocycles. The van der Waals surface area contributed by atoms with E-state index >= 15 is 0 Å². The summed E-state index contributed by atoms with van der Waals surface area (Å²) in [5.74, 6) is -0.677. The lowest BCUT2D eigenvalue weighted by molar-refractivity contribution is -0.137. The van der Waals surface area contributed by atoms with Crippen molar-refractivity contribution >= 4 is 46.4 Å². The molecule has 3 aromatic rings. The Morgan fingerprint density at radius 3 is 2.51 bits per heavy atom. The summed E-state index contributed by atoms with van der Waals surface area (Å²) < 4.78 is 40.1.